The summed E-state index contributed by atoms with van der Waals surface area (Å²) in [7, 11) is 0. The standard InChI is InChI=1S/C73H141NO5/c1-3-5-7-9-11-13-15-17-42-45-49-53-57-61-65-71(76)70(69-75)74-72(77)66-62-58-54-50-46-43-39-37-35-33-31-29-27-25-23-21-19-18-20-22-24-26-28-30-32-34-36-38-40-44-48-52-56-60-64-68-79-73(78)67-63-59-55-51-47-41-16-14-12-10-8-6-4-2/h20,22,61,65,70-71,75-76H,3-19,21,23-60,62-64,66-69H2,1-2H3,(H,74,77)/b22-20-,65-61+. The molecule has 0 aliphatic rings. The van der Waals surface area contributed by atoms with Gasteiger partial charge in [0.05, 0.1) is 25.4 Å². The monoisotopic (exact) mass is 1110 g/mol. The van der Waals surface area contributed by atoms with Crippen LogP contribution in [0.4, 0.5) is 0 Å². The van der Waals surface area contributed by atoms with Crippen molar-refractivity contribution in [1.82, 2.24) is 5.32 Å². The fourth-order valence-corrected chi connectivity index (χ4v) is 11.5. The number of carbonyl (C=O) groups is 2. The lowest BCUT2D eigenvalue weighted by molar-refractivity contribution is -0.143. The first-order valence-electron chi connectivity index (χ1n) is 36.1. The summed E-state index contributed by atoms with van der Waals surface area (Å²) in [4.78, 5) is 24.5. The van der Waals surface area contributed by atoms with E-state index in [-0.39, 0.29) is 18.5 Å². The zero-order chi connectivity index (χ0) is 57.1. The molecule has 0 spiro atoms. The van der Waals surface area contributed by atoms with Gasteiger partial charge in [0, 0.05) is 12.8 Å². The lowest BCUT2D eigenvalue weighted by Gasteiger charge is -2.20. The predicted octanol–water partition coefficient (Wildman–Crippen LogP) is 23.3. The van der Waals surface area contributed by atoms with Crippen LogP contribution in [-0.2, 0) is 14.3 Å². The van der Waals surface area contributed by atoms with Gasteiger partial charge in [-0.25, -0.2) is 0 Å². The molecule has 0 heterocycles. The molecule has 1 amide bonds. The van der Waals surface area contributed by atoms with Gasteiger partial charge in [-0.2, -0.15) is 0 Å². The Morgan fingerprint density at radius 1 is 0.342 bits per heavy atom. The van der Waals surface area contributed by atoms with Crippen molar-refractivity contribution in [2.24, 2.45) is 0 Å². The molecule has 468 valence electrons. The van der Waals surface area contributed by atoms with Gasteiger partial charge in [0.15, 0.2) is 0 Å². The molecular formula is C73H141NO5. The number of esters is 1. The predicted molar refractivity (Wildman–Crippen MR) is 347 cm³/mol. The minimum Gasteiger partial charge on any atom is -0.466 e. The topological polar surface area (TPSA) is 95.9 Å². The van der Waals surface area contributed by atoms with Crippen molar-refractivity contribution in [2.45, 2.75) is 418 Å². The van der Waals surface area contributed by atoms with Crippen LogP contribution in [0.5, 0.6) is 0 Å². The molecule has 2 unspecified atom stereocenters. The van der Waals surface area contributed by atoms with Crippen LogP contribution in [0.15, 0.2) is 24.3 Å². The molecule has 0 saturated carbocycles. The maximum absolute atomic E-state index is 12.5. The zero-order valence-corrected chi connectivity index (χ0v) is 53.6. The van der Waals surface area contributed by atoms with Gasteiger partial charge in [-0.15, -0.1) is 0 Å². The number of hydrogen-bond donors (Lipinski definition) is 3. The van der Waals surface area contributed by atoms with E-state index in [0.717, 1.165) is 38.5 Å². The Balaban J connectivity index is 3.34. The van der Waals surface area contributed by atoms with Crippen molar-refractivity contribution in [3.05, 3.63) is 24.3 Å². The van der Waals surface area contributed by atoms with Gasteiger partial charge in [-0.3, -0.25) is 9.59 Å². The Hall–Kier alpha value is -1.66. The summed E-state index contributed by atoms with van der Waals surface area (Å²) in [5.41, 5.74) is 0. The van der Waals surface area contributed by atoms with Crippen molar-refractivity contribution in [2.75, 3.05) is 13.2 Å². The molecule has 0 aliphatic heterocycles. The van der Waals surface area contributed by atoms with Crippen LogP contribution in [0.1, 0.15) is 406 Å². The Bertz CT molecular complexity index is 1230. The quantitative estimate of drug-likeness (QED) is 0.0320. The van der Waals surface area contributed by atoms with Gasteiger partial charge in [0.1, 0.15) is 0 Å². The number of unbranched alkanes of at least 4 members (excludes halogenated alkanes) is 55. The molecular weight excluding hydrogens is 971 g/mol. The third-order valence-electron chi connectivity index (χ3n) is 17.0. The first kappa shape index (κ1) is 77.3. The first-order chi connectivity index (χ1) is 39.0. The SMILES string of the molecule is CCCCCCCCCCCCCC/C=C/C(O)C(CO)NC(=O)CCCCCCCCCCCCCCCCCCC/C=C\CCCCCCCCCCCCCCCCOC(=O)CCCCCCCCCCCCCCC. The van der Waals surface area contributed by atoms with Crippen molar-refractivity contribution in [3.8, 4) is 0 Å². The van der Waals surface area contributed by atoms with Crippen LogP contribution in [0, 0.1) is 0 Å². The van der Waals surface area contributed by atoms with Gasteiger partial charge in [0.2, 0.25) is 5.91 Å². The molecule has 0 radical (unpaired) electrons. The van der Waals surface area contributed by atoms with Gasteiger partial charge < -0.3 is 20.3 Å². The Morgan fingerprint density at radius 3 is 0.899 bits per heavy atom. The number of aliphatic hydroxyl groups is 2. The highest BCUT2D eigenvalue weighted by atomic mass is 16.5. The highest BCUT2D eigenvalue weighted by Crippen LogP contribution is 2.19. The number of rotatable bonds is 68. The molecule has 0 bridgehead atoms. The fourth-order valence-electron chi connectivity index (χ4n) is 11.5. The number of allylic oxidation sites excluding steroid dienone is 3. The van der Waals surface area contributed by atoms with E-state index < -0.39 is 12.1 Å². The van der Waals surface area contributed by atoms with Crippen LogP contribution < -0.4 is 5.32 Å². The molecule has 3 N–H and O–H groups in total. The fraction of sp³-hybridized carbons (Fsp3) is 0.918. The smallest absolute Gasteiger partial charge is 0.305 e. The largest absolute Gasteiger partial charge is 0.466 e. The summed E-state index contributed by atoms with van der Waals surface area (Å²) in [5, 5.41) is 23.1. The lowest BCUT2D eigenvalue weighted by Crippen LogP contribution is -2.45. The second-order valence-electron chi connectivity index (χ2n) is 24.9. The minimum absolute atomic E-state index is 0.0221. The number of nitrogens with one attached hydrogen (secondary N) is 1. The third kappa shape index (κ3) is 65.4. The van der Waals surface area contributed by atoms with Crippen LogP contribution in [0.2, 0.25) is 0 Å². The van der Waals surface area contributed by atoms with Crippen molar-refractivity contribution in [1.29, 1.82) is 0 Å². The summed E-state index contributed by atoms with van der Waals surface area (Å²) in [6.07, 6.45) is 87.1. The minimum atomic E-state index is -0.841. The molecule has 79 heavy (non-hydrogen) atoms. The van der Waals surface area contributed by atoms with Crippen LogP contribution in [0.3, 0.4) is 0 Å². The second kappa shape index (κ2) is 68.8. The highest BCUT2D eigenvalue weighted by Gasteiger charge is 2.18. The molecule has 6 nitrogen and oxygen atoms in total. The molecule has 0 rings (SSSR count). The molecule has 0 saturated heterocycles. The normalized spacial score (nSPS) is 12.6. The summed E-state index contributed by atoms with van der Waals surface area (Å²) >= 11 is 0. The van der Waals surface area contributed by atoms with Gasteiger partial charge in [-0.1, -0.05) is 359 Å². The lowest BCUT2D eigenvalue weighted by atomic mass is 10.0. The van der Waals surface area contributed by atoms with Gasteiger partial charge in [-0.05, 0) is 57.8 Å². The number of carbonyl (C=O) groups excluding carboxylic acids is 2. The van der Waals surface area contributed by atoms with Gasteiger partial charge in [0.25, 0.3) is 0 Å². The molecule has 0 aromatic heterocycles. The maximum atomic E-state index is 12.5. The van der Waals surface area contributed by atoms with E-state index in [1.807, 2.05) is 6.08 Å². The van der Waals surface area contributed by atoms with Crippen molar-refractivity contribution in [3.63, 3.8) is 0 Å². The van der Waals surface area contributed by atoms with E-state index in [2.05, 4.69) is 31.3 Å². The maximum Gasteiger partial charge on any atom is 0.305 e. The Labute approximate surface area is 494 Å². The highest BCUT2D eigenvalue weighted by molar-refractivity contribution is 5.76. The average Bonchev–Trinajstić information content (AvgIpc) is 3.45. The molecule has 0 aromatic rings. The van der Waals surface area contributed by atoms with Crippen molar-refractivity contribution < 1.29 is 24.5 Å². The molecule has 0 fully saturated rings. The summed E-state index contributed by atoms with van der Waals surface area (Å²) in [6.45, 7) is 4.94. The van der Waals surface area contributed by atoms with Crippen LogP contribution in [-0.4, -0.2) is 47.4 Å². The molecule has 2 atom stereocenters. The zero-order valence-electron chi connectivity index (χ0n) is 53.6. The Morgan fingerprint density at radius 2 is 0.595 bits per heavy atom. The van der Waals surface area contributed by atoms with E-state index >= 15 is 0 Å². The van der Waals surface area contributed by atoms with E-state index in [1.54, 1.807) is 6.08 Å². The van der Waals surface area contributed by atoms with Crippen molar-refractivity contribution >= 4 is 11.9 Å². The summed E-state index contributed by atoms with van der Waals surface area (Å²) < 4.78 is 5.49. The summed E-state index contributed by atoms with van der Waals surface area (Å²) in [6, 6.07) is -0.624. The number of hydrogen-bond acceptors (Lipinski definition) is 5. The third-order valence-corrected chi connectivity index (χ3v) is 17.0. The molecule has 0 aliphatic carbocycles. The average molecular weight is 1110 g/mol. The number of amides is 1. The van der Waals surface area contributed by atoms with E-state index in [1.165, 1.54) is 340 Å². The molecule has 6 heteroatoms. The summed E-state index contributed by atoms with van der Waals surface area (Å²) in [5.74, 6) is -0.0401. The number of ether oxygens (including phenoxy) is 1. The van der Waals surface area contributed by atoms with E-state index in [9.17, 15) is 19.8 Å². The second-order valence-corrected chi connectivity index (χ2v) is 24.9. The van der Waals surface area contributed by atoms with E-state index in [0.29, 0.717) is 19.4 Å². The van der Waals surface area contributed by atoms with E-state index in [4.69, 9.17) is 4.74 Å². The number of aliphatic hydroxyl groups excluding tert-OH is 2. The van der Waals surface area contributed by atoms with Crippen LogP contribution in [0.25, 0.3) is 0 Å². The van der Waals surface area contributed by atoms with Crippen LogP contribution >= 0.6 is 0 Å². The molecule has 0 aromatic carbocycles. The first-order valence-corrected chi connectivity index (χ1v) is 36.1. The Kier molecular flexibility index (Phi) is 67.4. The van der Waals surface area contributed by atoms with Gasteiger partial charge >= 0.3 is 5.97 Å².